The van der Waals surface area contributed by atoms with Crippen molar-refractivity contribution in [3.8, 4) is 0 Å². The molecule has 0 unspecified atom stereocenters. The molecule has 0 aliphatic rings. The molecule has 1 aromatic heterocycles. The van der Waals surface area contributed by atoms with Crippen molar-refractivity contribution in [3.63, 3.8) is 0 Å². The van der Waals surface area contributed by atoms with Crippen LogP contribution in [0.2, 0.25) is 4.34 Å². The fourth-order valence-electron chi connectivity index (χ4n) is 0.772. The maximum absolute atomic E-state index is 11.1. The molecule has 6 heteroatoms. The maximum Gasteiger partial charge on any atom is 0.290 e. The lowest BCUT2D eigenvalue weighted by molar-refractivity contribution is 0.345. The van der Waals surface area contributed by atoms with E-state index in [1.165, 1.54) is 17.4 Å². The number of hydrogen-bond acceptors (Lipinski definition) is 4. The molecular formula is C8H9ClO3S2. The molecule has 78 valence electrons. The van der Waals surface area contributed by atoms with Gasteiger partial charge in [0, 0.05) is 4.88 Å². The quantitative estimate of drug-likeness (QED) is 0.774. The van der Waals surface area contributed by atoms with Crippen LogP contribution < -0.4 is 0 Å². The average molecular weight is 253 g/mol. The summed E-state index contributed by atoms with van der Waals surface area (Å²) in [6, 6.07) is 3.45. The van der Waals surface area contributed by atoms with Crippen molar-refractivity contribution in [2.75, 3.05) is 6.61 Å². The van der Waals surface area contributed by atoms with E-state index in [4.69, 9.17) is 11.6 Å². The third-order valence-corrected chi connectivity index (χ3v) is 3.51. The molecule has 14 heavy (non-hydrogen) atoms. The second kappa shape index (κ2) is 4.93. The minimum Gasteiger partial charge on any atom is -0.267 e. The standard InChI is InChI=1S/C8H9ClO3S2/c1-2-12-14(10,11)6-5-7-3-4-8(9)13-7/h3-6H,2H2,1H3. The van der Waals surface area contributed by atoms with Gasteiger partial charge in [-0.25, -0.2) is 0 Å². The third-order valence-electron chi connectivity index (χ3n) is 1.28. The predicted octanol–water partition coefficient (Wildman–Crippen LogP) is 2.74. The first-order valence-electron chi connectivity index (χ1n) is 3.86. The van der Waals surface area contributed by atoms with Crippen molar-refractivity contribution < 1.29 is 12.6 Å². The summed E-state index contributed by atoms with van der Waals surface area (Å²) in [4.78, 5) is 0.776. The largest absolute Gasteiger partial charge is 0.290 e. The molecule has 0 aliphatic carbocycles. The van der Waals surface area contributed by atoms with Crippen molar-refractivity contribution in [2.45, 2.75) is 6.92 Å². The van der Waals surface area contributed by atoms with Gasteiger partial charge in [0.25, 0.3) is 10.1 Å². The Kier molecular flexibility index (Phi) is 4.12. The van der Waals surface area contributed by atoms with E-state index in [0.717, 1.165) is 10.3 Å². The van der Waals surface area contributed by atoms with Gasteiger partial charge in [0.05, 0.1) is 16.4 Å². The van der Waals surface area contributed by atoms with Crippen molar-refractivity contribution in [3.05, 3.63) is 26.8 Å². The SMILES string of the molecule is CCOS(=O)(=O)C=Cc1ccc(Cl)s1. The zero-order chi connectivity index (χ0) is 10.6. The van der Waals surface area contributed by atoms with E-state index in [9.17, 15) is 8.42 Å². The predicted molar refractivity (Wildman–Crippen MR) is 58.9 cm³/mol. The second-order valence-corrected chi connectivity index (χ2v) is 5.58. The summed E-state index contributed by atoms with van der Waals surface area (Å²) >= 11 is 6.98. The van der Waals surface area contributed by atoms with Crippen molar-refractivity contribution in [2.24, 2.45) is 0 Å². The Labute approximate surface area is 92.1 Å². The van der Waals surface area contributed by atoms with Crippen LogP contribution in [0.15, 0.2) is 17.5 Å². The number of thiophene rings is 1. The van der Waals surface area contributed by atoms with E-state index in [0.29, 0.717) is 4.34 Å². The molecule has 0 spiro atoms. The summed E-state index contributed by atoms with van der Waals surface area (Å²) in [5, 5.41) is 1.03. The molecule has 0 N–H and O–H groups in total. The van der Waals surface area contributed by atoms with Crippen LogP contribution in [0.4, 0.5) is 0 Å². The van der Waals surface area contributed by atoms with Crippen LogP contribution in [0.25, 0.3) is 6.08 Å². The highest BCUT2D eigenvalue weighted by Gasteiger charge is 2.03. The van der Waals surface area contributed by atoms with Crippen molar-refractivity contribution in [1.29, 1.82) is 0 Å². The lowest BCUT2D eigenvalue weighted by Gasteiger charge is -1.94. The minimum atomic E-state index is -3.54. The summed E-state index contributed by atoms with van der Waals surface area (Å²) in [5.74, 6) is 0. The molecule has 0 saturated heterocycles. The Bertz CT molecular complexity index is 420. The number of halogens is 1. The highest BCUT2D eigenvalue weighted by Crippen LogP contribution is 2.22. The highest BCUT2D eigenvalue weighted by atomic mass is 35.5. The van der Waals surface area contributed by atoms with E-state index in [-0.39, 0.29) is 6.61 Å². The lowest BCUT2D eigenvalue weighted by atomic mass is 10.5. The smallest absolute Gasteiger partial charge is 0.267 e. The molecular weight excluding hydrogens is 244 g/mol. The van der Waals surface area contributed by atoms with Gasteiger partial charge >= 0.3 is 0 Å². The Morgan fingerprint density at radius 3 is 2.79 bits per heavy atom. The first kappa shape index (κ1) is 11.7. The maximum atomic E-state index is 11.1. The van der Waals surface area contributed by atoms with Gasteiger partial charge in [-0.05, 0) is 25.1 Å². The zero-order valence-electron chi connectivity index (χ0n) is 7.44. The van der Waals surface area contributed by atoms with E-state index in [1.54, 1.807) is 19.1 Å². The van der Waals surface area contributed by atoms with Gasteiger partial charge in [0.15, 0.2) is 0 Å². The Morgan fingerprint density at radius 1 is 1.57 bits per heavy atom. The number of rotatable bonds is 4. The van der Waals surface area contributed by atoms with E-state index in [2.05, 4.69) is 4.18 Å². The van der Waals surface area contributed by atoms with Crippen LogP contribution in [-0.4, -0.2) is 15.0 Å². The molecule has 0 fully saturated rings. The normalized spacial score (nSPS) is 12.4. The first-order chi connectivity index (χ1) is 6.53. The summed E-state index contributed by atoms with van der Waals surface area (Å²) in [7, 11) is -3.54. The zero-order valence-corrected chi connectivity index (χ0v) is 9.82. The number of hydrogen-bond donors (Lipinski definition) is 0. The van der Waals surface area contributed by atoms with Crippen molar-refractivity contribution >= 4 is 39.1 Å². The topological polar surface area (TPSA) is 43.4 Å². The molecule has 0 radical (unpaired) electrons. The summed E-state index contributed by atoms with van der Waals surface area (Å²) in [5.41, 5.74) is 0. The fraction of sp³-hybridized carbons (Fsp3) is 0.250. The van der Waals surface area contributed by atoms with Gasteiger partial charge in [-0.1, -0.05) is 11.6 Å². The molecule has 0 bridgehead atoms. The molecule has 1 aromatic rings. The molecule has 0 aliphatic heterocycles. The fourth-order valence-corrected chi connectivity index (χ4v) is 2.54. The van der Waals surface area contributed by atoms with Gasteiger partial charge in [0.1, 0.15) is 0 Å². The van der Waals surface area contributed by atoms with Gasteiger partial charge in [-0.3, -0.25) is 4.18 Å². The van der Waals surface area contributed by atoms with Crippen LogP contribution in [0.3, 0.4) is 0 Å². The molecule has 3 nitrogen and oxygen atoms in total. The third kappa shape index (κ3) is 3.79. The van der Waals surface area contributed by atoms with Crippen LogP contribution in [0, 0.1) is 0 Å². The summed E-state index contributed by atoms with van der Waals surface area (Å²) in [6.07, 6.45) is 1.46. The molecule has 0 aromatic carbocycles. The van der Waals surface area contributed by atoms with E-state index in [1.807, 2.05) is 0 Å². The van der Waals surface area contributed by atoms with Gasteiger partial charge in [-0.2, -0.15) is 8.42 Å². The lowest BCUT2D eigenvalue weighted by Crippen LogP contribution is -2.00. The van der Waals surface area contributed by atoms with Crippen LogP contribution in [0.1, 0.15) is 11.8 Å². The summed E-state index contributed by atoms with van der Waals surface area (Å²) < 4.78 is 27.3. The van der Waals surface area contributed by atoms with E-state index >= 15 is 0 Å². The molecule has 0 atom stereocenters. The van der Waals surface area contributed by atoms with Gasteiger partial charge in [-0.15, -0.1) is 11.3 Å². The summed E-state index contributed by atoms with van der Waals surface area (Å²) in [6.45, 7) is 1.76. The Hall–Kier alpha value is -0.360. The Balaban J connectivity index is 2.73. The van der Waals surface area contributed by atoms with Crippen LogP contribution in [-0.2, 0) is 14.3 Å². The molecule has 0 saturated carbocycles. The van der Waals surface area contributed by atoms with Crippen molar-refractivity contribution in [1.82, 2.24) is 0 Å². The first-order valence-corrected chi connectivity index (χ1v) is 6.53. The van der Waals surface area contributed by atoms with Crippen LogP contribution in [0.5, 0.6) is 0 Å². The minimum absolute atomic E-state index is 0.137. The van der Waals surface area contributed by atoms with E-state index < -0.39 is 10.1 Å². The van der Waals surface area contributed by atoms with Gasteiger partial charge < -0.3 is 0 Å². The molecule has 1 rings (SSSR count). The second-order valence-electron chi connectivity index (χ2n) is 2.34. The monoisotopic (exact) mass is 252 g/mol. The molecule has 1 heterocycles. The van der Waals surface area contributed by atoms with Crippen LogP contribution >= 0.6 is 22.9 Å². The van der Waals surface area contributed by atoms with Gasteiger partial charge in [0.2, 0.25) is 0 Å². The highest BCUT2D eigenvalue weighted by molar-refractivity contribution is 7.89. The average Bonchev–Trinajstić information content (AvgIpc) is 2.48. The Morgan fingerprint density at radius 2 is 2.29 bits per heavy atom. The molecule has 0 amide bonds.